The molecule has 2 amide bonds. The Morgan fingerprint density at radius 3 is 2.73 bits per heavy atom. The SMILES string of the molecule is COC[C@@H](C(=O)N1CCOCC1)N1CC[C@H](NS(=O)(=O)CCc2ccc(Cl)s2)C1=O. The van der Waals surface area contributed by atoms with Crippen LogP contribution in [-0.4, -0.2) is 94.4 Å². The number of methoxy groups -OCH3 is 1. The van der Waals surface area contributed by atoms with E-state index >= 15 is 0 Å². The van der Waals surface area contributed by atoms with Crippen LogP contribution >= 0.6 is 22.9 Å². The maximum atomic E-state index is 12.9. The summed E-state index contributed by atoms with van der Waals surface area (Å²) in [5, 5.41) is 0. The van der Waals surface area contributed by atoms with Gasteiger partial charge in [0.25, 0.3) is 0 Å². The molecule has 0 radical (unpaired) electrons. The van der Waals surface area contributed by atoms with Gasteiger partial charge in [-0.1, -0.05) is 11.6 Å². The van der Waals surface area contributed by atoms with Crippen LogP contribution in [0, 0.1) is 0 Å². The van der Waals surface area contributed by atoms with E-state index in [9.17, 15) is 18.0 Å². The zero-order valence-electron chi connectivity index (χ0n) is 16.7. The van der Waals surface area contributed by atoms with Crippen molar-refractivity contribution in [1.82, 2.24) is 14.5 Å². The third kappa shape index (κ3) is 5.92. The summed E-state index contributed by atoms with van der Waals surface area (Å²) in [5.41, 5.74) is 0. The first-order valence-corrected chi connectivity index (χ1v) is 12.6. The smallest absolute Gasteiger partial charge is 0.247 e. The lowest BCUT2D eigenvalue weighted by Gasteiger charge is -2.34. The van der Waals surface area contributed by atoms with Gasteiger partial charge in [-0.3, -0.25) is 9.59 Å². The maximum Gasteiger partial charge on any atom is 0.247 e. The number of thiophene rings is 1. The summed E-state index contributed by atoms with van der Waals surface area (Å²) in [6, 6.07) is 1.86. The third-order valence-corrected chi connectivity index (χ3v) is 7.79. The summed E-state index contributed by atoms with van der Waals surface area (Å²) in [6.07, 6.45) is 0.624. The fraction of sp³-hybridized carbons (Fsp3) is 0.667. The molecule has 0 aliphatic carbocycles. The lowest BCUT2D eigenvalue weighted by Crippen LogP contribution is -2.55. The molecule has 2 aliphatic heterocycles. The minimum absolute atomic E-state index is 0.0561. The standard InChI is InChI=1S/C18H26ClN3O6S2/c1-27-12-15(18(24)21-7-9-28-10-8-21)22-6-4-14(17(22)23)20-30(25,26)11-5-13-2-3-16(19)29-13/h2-3,14-15,20H,4-12H2,1H3/t14-,15-/m0/s1. The molecule has 30 heavy (non-hydrogen) atoms. The second-order valence-corrected chi connectivity index (χ2v) is 10.8. The van der Waals surface area contributed by atoms with Crippen LogP contribution < -0.4 is 4.72 Å². The molecule has 2 fully saturated rings. The number of carbonyl (C=O) groups is 2. The normalized spacial score (nSPS) is 21.3. The molecular weight excluding hydrogens is 454 g/mol. The summed E-state index contributed by atoms with van der Waals surface area (Å²) in [4.78, 5) is 29.8. The van der Waals surface area contributed by atoms with Crippen molar-refractivity contribution < 1.29 is 27.5 Å². The quantitative estimate of drug-likeness (QED) is 0.547. The fourth-order valence-corrected chi connectivity index (χ4v) is 6.04. The van der Waals surface area contributed by atoms with E-state index in [4.69, 9.17) is 21.1 Å². The van der Waals surface area contributed by atoms with Gasteiger partial charge in [0.2, 0.25) is 21.8 Å². The van der Waals surface area contributed by atoms with Gasteiger partial charge in [0.1, 0.15) is 12.1 Å². The topological polar surface area (TPSA) is 105 Å². The summed E-state index contributed by atoms with van der Waals surface area (Å²) in [5.74, 6) is -0.741. The van der Waals surface area contributed by atoms with Gasteiger partial charge in [-0.15, -0.1) is 11.3 Å². The van der Waals surface area contributed by atoms with Crippen LogP contribution in [0.5, 0.6) is 0 Å². The molecule has 3 rings (SSSR count). The van der Waals surface area contributed by atoms with Crippen LogP contribution in [0.1, 0.15) is 11.3 Å². The Hall–Kier alpha value is -1.24. The number of sulfonamides is 1. The summed E-state index contributed by atoms with van der Waals surface area (Å²) >= 11 is 7.21. The van der Waals surface area contributed by atoms with Crippen LogP contribution in [0.3, 0.4) is 0 Å². The molecule has 1 N–H and O–H groups in total. The Balaban J connectivity index is 1.60. The van der Waals surface area contributed by atoms with E-state index in [1.807, 2.05) is 0 Å². The number of rotatable bonds is 9. The average Bonchev–Trinajstić information content (AvgIpc) is 3.30. The van der Waals surface area contributed by atoms with Gasteiger partial charge in [0, 0.05) is 31.6 Å². The Labute approximate surface area is 185 Å². The van der Waals surface area contributed by atoms with Gasteiger partial charge in [-0.25, -0.2) is 13.1 Å². The summed E-state index contributed by atoms with van der Waals surface area (Å²) in [6.45, 7) is 2.18. The molecule has 1 aromatic rings. The Morgan fingerprint density at radius 2 is 2.10 bits per heavy atom. The van der Waals surface area contributed by atoms with Crippen molar-refractivity contribution in [3.63, 3.8) is 0 Å². The van der Waals surface area contributed by atoms with Crippen molar-refractivity contribution in [2.45, 2.75) is 24.9 Å². The maximum absolute atomic E-state index is 12.9. The number of aryl methyl sites for hydroxylation is 1. The molecule has 2 saturated heterocycles. The zero-order chi connectivity index (χ0) is 21.7. The highest BCUT2D eigenvalue weighted by Gasteiger charge is 2.41. The van der Waals surface area contributed by atoms with E-state index in [2.05, 4.69) is 4.72 Å². The Bertz CT molecular complexity index is 856. The fourth-order valence-electron chi connectivity index (χ4n) is 3.56. The van der Waals surface area contributed by atoms with Crippen LogP contribution in [0.25, 0.3) is 0 Å². The van der Waals surface area contributed by atoms with Gasteiger partial charge in [-0.05, 0) is 25.0 Å². The first-order chi connectivity index (χ1) is 14.3. The van der Waals surface area contributed by atoms with Crippen LogP contribution in [0.15, 0.2) is 12.1 Å². The number of carbonyl (C=O) groups excluding carboxylic acids is 2. The molecule has 0 bridgehead atoms. The summed E-state index contributed by atoms with van der Waals surface area (Å²) < 4.78 is 38.5. The van der Waals surface area contributed by atoms with Crippen molar-refractivity contribution >= 4 is 44.8 Å². The molecule has 0 unspecified atom stereocenters. The molecular formula is C18H26ClN3O6S2. The van der Waals surface area contributed by atoms with Crippen LogP contribution in [0.4, 0.5) is 0 Å². The third-order valence-electron chi connectivity index (χ3n) is 5.12. The van der Waals surface area contributed by atoms with Gasteiger partial charge in [-0.2, -0.15) is 0 Å². The molecule has 12 heteroatoms. The van der Waals surface area contributed by atoms with E-state index in [-0.39, 0.29) is 24.8 Å². The highest BCUT2D eigenvalue weighted by Crippen LogP contribution is 2.22. The first kappa shape index (κ1) is 23.4. The lowest BCUT2D eigenvalue weighted by molar-refractivity contribution is -0.148. The monoisotopic (exact) mass is 479 g/mol. The highest BCUT2D eigenvalue weighted by atomic mass is 35.5. The minimum atomic E-state index is -3.67. The molecule has 3 heterocycles. The summed E-state index contributed by atoms with van der Waals surface area (Å²) in [7, 11) is -2.20. The van der Waals surface area contributed by atoms with Crippen molar-refractivity contribution in [2.24, 2.45) is 0 Å². The number of nitrogens with zero attached hydrogens (tertiary/aromatic N) is 2. The predicted molar refractivity (Wildman–Crippen MR) is 113 cm³/mol. The number of morpholine rings is 1. The van der Waals surface area contributed by atoms with Gasteiger partial charge < -0.3 is 19.3 Å². The molecule has 168 valence electrons. The number of hydrogen-bond donors (Lipinski definition) is 1. The van der Waals surface area contributed by atoms with Crippen LogP contribution in [-0.2, 0) is 35.5 Å². The Kier molecular flexibility index (Phi) is 8.11. The van der Waals surface area contributed by atoms with E-state index in [1.165, 1.54) is 23.3 Å². The van der Waals surface area contributed by atoms with Crippen LogP contribution in [0.2, 0.25) is 4.34 Å². The molecule has 0 aromatic carbocycles. The molecule has 2 atom stereocenters. The average molecular weight is 480 g/mol. The van der Waals surface area contributed by atoms with Gasteiger partial charge in [0.05, 0.1) is 29.9 Å². The molecule has 0 saturated carbocycles. The predicted octanol–water partition coefficient (Wildman–Crippen LogP) is 0.338. The number of ether oxygens (including phenoxy) is 2. The number of amides is 2. The van der Waals surface area contributed by atoms with Crippen molar-refractivity contribution in [3.05, 3.63) is 21.3 Å². The van der Waals surface area contributed by atoms with Crippen molar-refractivity contribution in [1.29, 1.82) is 0 Å². The largest absolute Gasteiger partial charge is 0.382 e. The van der Waals surface area contributed by atoms with E-state index in [1.54, 1.807) is 17.0 Å². The first-order valence-electron chi connectivity index (χ1n) is 9.71. The van der Waals surface area contributed by atoms with Gasteiger partial charge >= 0.3 is 0 Å². The zero-order valence-corrected chi connectivity index (χ0v) is 19.1. The van der Waals surface area contributed by atoms with E-state index in [0.29, 0.717) is 43.5 Å². The molecule has 1 aromatic heterocycles. The van der Waals surface area contributed by atoms with E-state index < -0.39 is 28.0 Å². The second-order valence-electron chi connectivity index (χ2n) is 7.17. The number of nitrogens with one attached hydrogen (secondary N) is 1. The van der Waals surface area contributed by atoms with Crippen molar-refractivity contribution in [2.75, 3.05) is 52.3 Å². The Morgan fingerprint density at radius 1 is 1.37 bits per heavy atom. The minimum Gasteiger partial charge on any atom is -0.382 e. The number of hydrogen-bond acceptors (Lipinski definition) is 7. The highest BCUT2D eigenvalue weighted by molar-refractivity contribution is 7.89. The van der Waals surface area contributed by atoms with Crippen molar-refractivity contribution in [3.8, 4) is 0 Å². The molecule has 2 aliphatic rings. The van der Waals surface area contributed by atoms with Gasteiger partial charge in [0.15, 0.2) is 0 Å². The second kappa shape index (κ2) is 10.4. The number of halogens is 1. The molecule has 9 nitrogen and oxygen atoms in total. The molecule has 0 spiro atoms. The lowest BCUT2D eigenvalue weighted by atomic mass is 10.2. The number of likely N-dealkylation sites (tertiary alicyclic amines) is 1. The van der Waals surface area contributed by atoms with E-state index in [0.717, 1.165) is 4.88 Å².